The molecule has 0 aliphatic carbocycles. The van der Waals surface area contributed by atoms with E-state index < -0.39 is 25.4 Å². The molecule has 2 N–H and O–H groups in total. The number of aromatic nitrogens is 1. The van der Waals surface area contributed by atoms with Crippen molar-refractivity contribution in [2.75, 3.05) is 20.5 Å². The maximum absolute atomic E-state index is 11.9. The molecule has 1 aromatic rings. The summed E-state index contributed by atoms with van der Waals surface area (Å²) in [6.45, 7) is 11.2. The zero-order chi connectivity index (χ0) is 22.1. The van der Waals surface area contributed by atoms with Gasteiger partial charge in [-0.3, -0.25) is 4.79 Å². The number of amidine groups is 1. The second kappa shape index (κ2) is 11.4. The summed E-state index contributed by atoms with van der Waals surface area (Å²) in [5, 5.41) is 5.79. The van der Waals surface area contributed by atoms with Gasteiger partial charge in [0.2, 0.25) is 0 Å². The SMILES string of the molecule is COC(=O)C(C)(C)CC(=O)ON=C(N)c1nc(COCOCC[Si](C)(C)C)cs1. The summed E-state index contributed by atoms with van der Waals surface area (Å²) in [6, 6.07) is 1.08. The molecule has 0 aliphatic rings. The first-order valence-corrected chi connectivity index (χ1v) is 13.8. The Bertz CT molecular complexity index is 715. The van der Waals surface area contributed by atoms with Crippen LogP contribution in [0, 0.1) is 5.41 Å². The molecule has 1 heterocycles. The number of hydrogen-bond acceptors (Lipinski definition) is 9. The van der Waals surface area contributed by atoms with Crippen LogP contribution in [0.2, 0.25) is 25.7 Å². The van der Waals surface area contributed by atoms with Gasteiger partial charge >= 0.3 is 11.9 Å². The smallest absolute Gasteiger partial charge is 0.336 e. The van der Waals surface area contributed by atoms with E-state index >= 15 is 0 Å². The summed E-state index contributed by atoms with van der Waals surface area (Å²) >= 11 is 1.26. The summed E-state index contributed by atoms with van der Waals surface area (Å²) in [6.07, 6.45) is -0.189. The number of ether oxygens (including phenoxy) is 3. The largest absolute Gasteiger partial charge is 0.469 e. The molecule has 0 saturated heterocycles. The lowest BCUT2D eigenvalue weighted by Gasteiger charge is -2.18. The van der Waals surface area contributed by atoms with E-state index in [9.17, 15) is 9.59 Å². The van der Waals surface area contributed by atoms with Crippen molar-refractivity contribution in [2.24, 2.45) is 16.3 Å². The molecule has 0 radical (unpaired) electrons. The Hall–Kier alpha value is -1.82. The molecule has 9 nitrogen and oxygen atoms in total. The van der Waals surface area contributed by atoms with Crippen molar-refractivity contribution in [3.63, 3.8) is 0 Å². The first-order valence-electron chi connectivity index (χ1n) is 9.16. The standard InChI is InChI=1S/C18H31N3O6SSi/c1-18(2,17(23)24-3)9-14(22)27-21-15(19)16-20-13(11-28-16)10-26-12-25-7-8-29(4,5)6/h11H,7-10,12H2,1-6H3,(H2,19,21). The van der Waals surface area contributed by atoms with Crippen LogP contribution in [0.15, 0.2) is 10.5 Å². The average molecular weight is 446 g/mol. The van der Waals surface area contributed by atoms with Crippen LogP contribution in [0.3, 0.4) is 0 Å². The lowest BCUT2D eigenvalue weighted by Crippen LogP contribution is -2.29. The summed E-state index contributed by atoms with van der Waals surface area (Å²) in [5.74, 6) is -1.24. The molecule has 0 aromatic carbocycles. The molecule has 0 atom stereocenters. The Kier molecular flexibility index (Phi) is 9.90. The Morgan fingerprint density at radius 3 is 2.59 bits per heavy atom. The van der Waals surface area contributed by atoms with Crippen molar-refractivity contribution >= 4 is 37.2 Å². The van der Waals surface area contributed by atoms with Crippen molar-refractivity contribution in [2.45, 2.75) is 52.6 Å². The molecular weight excluding hydrogens is 414 g/mol. The third kappa shape index (κ3) is 9.97. The predicted octanol–water partition coefficient (Wildman–Crippen LogP) is 2.72. The number of oxime groups is 1. The van der Waals surface area contributed by atoms with Crippen LogP contribution >= 0.6 is 11.3 Å². The van der Waals surface area contributed by atoms with E-state index in [1.165, 1.54) is 18.4 Å². The van der Waals surface area contributed by atoms with Crippen LogP contribution in [0.25, 0.3) is 0 Å². The zero-order valence-corrected chi connectivity index (χ0v) is 19.8. The number of rotatable bonds is 12. The molecule has 0 bridgehead atoms. The molecule has 164 valence electrons. The lowest BCUT2D eigenvalue weighted by molar-refractivity contribution is -0.158. The number of carbonyl (C=O) groups is 2. The fourth-order valence-corrected chi connectivity index (χ4v) is 3.47. The lowest BCUT2D eigenvalue weighted by atomic mass is 9.90. The van der Waals surface area contributed by atoms with E-state index in [0.717, 1.165) is 6.04 Å². The highest BCUT2D eigenvalue weighted by Crippen LogP contribution is 2.22. The minimum atomic E-state index is -1.10. The first kappa shape index (κ1) is 25.2. The van der Waals surface area contributed by atoms with Gasteiger partial charge in [0.1, 0.15) is 6.79 Å². The van der Waals surface area contributed by atoms with Crippen molar-refractivity contribution < 1.29 is 28.6 Å². The summed E-state index contributed by atoms with van der Waals surface area (Å²) in [7, 11) is 0.154. The van der Waals surface area contributed by atoms with Gasteiger partial charge in [-0.15, -0.1) is 11.3 Å². The van der Waals surface area contributed by atoms with Crippen LogP contribution in [0.4, 0.5) is 0 Å². The highest BCUT2D eigenvalue weighted by atomic mass is 32.1. The number of esters is 1. The van der Waals surface area contributed by atoms with Gasteiger partial charge in [0, 0.05) is 20.1 Å². The molecular formula is C18H31N3O6SSi. The van der Waals surface area contributed by atoms with Gasteiger partial charge < -0.3 is 24.8 Å². The van der Waals surface area contributed by atoms with Crippen LogP contribution in [0.5, 0.6) is 0 Å². The van der Waals surface area contributed by atoms with E-state index in [0.29, 0.717) is 17.3 Å². The topological polar surface area (TPSA) is 122 Å². The third-order valence-electron chi connectivity index (χ3n) is 3.75. The molecule has 0 saturated carbocycles. The average Bonchev–Trinajstić information content (AvgIpc) is 3.09. The van der Waals surface area contributed by atoms with Gasteiger partial charge in [-0.05, 0) is 19.9 Å². The van der Waals surface area contributed by atoms with Crippen molar-refractivity contribution in [3.05, 3.63) is 16.1 Å². The maximum atomic E-state index is 11.9. The number of nitrogens with two attached hydrogens (primary N) is 1. The highest BCUT2D eigenvalue weighted by molar-refractivity contribution is 7.11. The van der Waals surface area contributed by atoms with Gasteiger partial charge in [-0.2, -0.15) is 0 Å². The van der Waals surface area contributed by atoms with Crippen molar-refractivity contribution in [3.8, 4) is 0 Å². The summed E-state index contributed by atoms with van der Waals surface area (Å²) in [4.78, 5) is 32.5. The van der Waals surface area contributed by atoms with Crippen LogP contribution in [0.1, 0.15) is 31.0 Å². The Morgan fingerprint density at radius 2 is 1.97 bits per heavy atom. The minimum absolute atomic E-state index is 0.0307. The third-order valence-corrected chi connectivity index (χ3v) is 6.37. The fourth-order valence-electron chi connectivity index (χ4n) is 2.01. The maximum Gasteiger partial charge on any atom is 0.336 e. The number of carbonyl (C=O) groups excluding carboxylic acids is 2. The van der Waals surface area contributed by atoms with Crippen molar-refractivity contribution in [1.82, 2.24) is 4.98 Å². The van der Waals surface area contributed by atoms with Crippen LogP contribution < -0.4 is 5.73 Å². The summed E-state index contributed by atoms with van der Waals surface area (Å²) < 4.78 is 15.6. The monoisotopic (exact) mass is 445 g/mol. The molecule has 11 heteroatoms. The molecule has 0 spiro atoms. The molecule has 0 amide bonds. The zero-order valence-electron chi connectivity index (χ0n) is 17.9. The van der Waals surface area contributed by atoms with Gasteiger partial charge in [0.05, 0.1) is 31.2 Å². The highest BCUT2D eigenvalue weighted by Gasteiger charge is 2.32. The van der Waals surface area contributed by atoms with E-state index in [4.69, 9.17) is 20.0 Å². The van der Waals surface area contributed by atoms with E-state index in [2.05, 4.69) is 34.5 Å². The first-order chi connectivity index (χ1) is 13.4. The van der Waals surface area contributed by atoms with Gasteiger partial charge in [-0.1, -0.05) is 24.8 Å². The molecule has 0 unspecified atom stereocenters. The molecule has 1 rings (SSSR count). The van der Waals surface area contributed by atoms with Gasteiger partial charge in [0.25, 0.3) is 0 Å². The number of nitrogens with zero attached hydrogens (tertiary/aromatic N) is 2. The Balaban J connectivity index is 2.42. The Morgan fingerprint density at radius 1 is 1.28 bits per heavy atom. The number of hydrogen-bond donors (Lipinski definition) is 1. The number of thiazole rings is 1. The van der Waals surface area contributed by atoms with E-state index in [1.807, 2.05) is 0 Å². The molecule has 1 aromatic heterocycles. The minimum Gasteiger partial charge on any atom is -0.469 e. The second-order valence-electron chi connectivity index (χ2n) is 8.32. The van der Waals surface area contributed by atoms with Gasteiger partial charge in [0.15, 0.2) is 10.8 Å². The normalized spacial score (nSPS) is 12.7. The fraction of sp³-hybridized carbons (Fsp3) is 0.667. The van der Waals surface area contributed by atoms with E-state index in [1.54, 1.807) is 19.2 Å². The predicted molar refractivity (Wildman–Crippen MR) is 113 cm³/mol. The van der Waals surface area contributed by atoms with Crippen molar-refractivity contribution in [1.29, 1.82) is 0 Å². The second-order valence-corrected chi connectivity index (χ2v) is 14.8. The van der Waals surface area contributed by atoms with Crippen LogP contribution in [-0.4, -0.2) is 51.3 Å². The van der Waals surface area contributed by atoms with E-state index in [-0.39, 0.29) is 25.7 Å². The van der Waals surface area contributed by atoms with Gasteiger partial charge in [-0.25, -0.2) is 9.78 Å². The quantitative estimate of drug-likeness (QED) is 0.0761. The molecule has 29 heavy (non-hydrogen) atoms. The molecule has 0 aliphatic heterocycles. The molecule has 0 fully saturated rings. The summed E-state index contributed by atoms with van der Waals surface area (Å²) in [5.41, 5.74) is 5.47. The van der Waals surface area contributed by atoms with Crippen LogP contribution in [-0.2, 0) is 35.2 Å². The Labute approximate surface area is 176 Å². The number of methoxy groups -OCH3 is 1.